The van der Waals surface area contributed by atoms with Gasteiger partial charge in [0.1, 0.15) is 4.33 Å². The van der Waals surface area contributed by atoms with Gasteiger partial charge in [0.25, 0.3) is 0 Å². The minimum atomic E-state index is -4.42. The molecule has 0 bridgehead atoms. The lowest BCUT2D eigenvalue weighted by molar-refractivity contribution is -0.139. The van der Waals surface area contributed by atoms with E-state index in [4.69, 9.17) is 28.3 Å². The van der Waals surface area contributed by atoms with Crippen molar-refractivity contribution in [2.45, 2.75) is 16.4 Å². The summed E-state index contributed by atoms with van der Waals surface area (Å²) in [6.45, 7) is 0. The Morgan fingerprint density at radius 1 is 1.22 bits per heavy atom. The van der Waals surface area contributed by atoms with Crippen LogP contribution >= 0.6 is 23.2 Å². The van der Waals surface area contributed by atoms with E-state index in [0.29, 0.717) is 5.56 Å². The van der Waals surface area contributed by atoms with Gasteiger partial charge in [0.15, 0.2) is 0 Å². The van der Waals surface area contributed by atoms with Crippen LogP contribution in [0, 0.1) is 5.92 Å². The molecule has 2 nitrogen and oxygen atoms in total. The highest BCUT2D eigenvalue weighted by atomic mass is 35.5. The summed E-state index contributed by atoms with van der Waals surface area (Å²) < 4.78 is 35.6. The van der Waals surface area contributed by atoms with Gasteiger partial charge in [0, 0.05) is 5.92 Å². The Labute approximate surface area is 110 Å². The van der Waals surface area contributed by atoms with Crippen LogP contribution < -0.4 is 0 Å². The molecular formula is C11H7Cl2F3O2. The molecule has 1 aromatic rings. The van der Waals surface area contributed by atoms with Crippen molar-refractivity contribution >= 4 is 29.2 Å². The second-order valence-corrected chi connectivity index (χ2v) is 5.53. The van der Waals surface area contributed by atoms with Crippen LogP contribution in [0.1, 0.15) is 17.0 Å². The van der Waals surface area contributed by atoms with E-state index in [0.717, 1.165) is 12.1 Å². The second kappa shape index (κ2) is 4.03. The Bertz CT molecular complexity index is 482. The molecule has 0 radical (unpaired) electrons. The maximum absolute atomic E-state index is 12.3. The second-order valence-electron chi connectivity index (χ2n) is 4.09. The molecule has 1 aliphatic carbocycles. The number of benzene rings is 1. The lowest BCUT2D eigenvalue weighted by Crippen LogP contribution is -2.04. The van der Waals surface area contributed by atoms with Gasteiger partial charge < -0.3 is 5.11 Å². The molecule has 7 heteroatoms. The molecule has 0 amide bonds. The molecule has 1 aliphatic rings. The average molecular weight is 299 g/mol. The fourth-order valence-corrected chi connectivity index (χ4v) is 2.74. The van der Waals surface area contributed by atoms with E-state index >= 15 is 0 Å². The number of carbonyl (C=O) groups is 1. The summed E-state index contributed by atoms with van der Waals surface area (Å²) in [7, 11) is 0. The molecule has 98 valence electrons. The minimum absolute atomic E-state index is 0.389. The van der Waals surface area contributed by atoms with Crippen LogP contribution in [-0.4, -0.2) is 15.4 Å². The average Bonchev–Trinajstić information content (AvgIpc) is 2.80. The lowest BCUT2D eigenvalue weighted by Gasteiger charge is -2.07. The van der Waals surface area contributed by atoms with Crippen LogP contribution in [0.2, 0.25) is 0 Å². The molecule has 0 aromatic heterocycles. The molecule has 1 saturated carbocycles. The number of aliphatic carboxylic acids is 1. The van der Waals surface area contributed by atoms with Gasteiger partial charge in [-0.2, -0.15) is 13.2 Å². The third-order valence-corrected chi connectivity index (χ3v) is 3.86. The van der Waals surface area contributed by atoms with Gasteiger partial charge in [-0.25, -0.2) is 0 Å². The summed E-state index contributed by atoms with van der Waals surface area (Å²) in [5, 5.41) is 8.86. The number of hydrogen-bond acceptors (Lipinski definition) is 1. The first-order valence-corrected chi connectivity index (χ1v) is 5.69. The molecule has 2 rings (SSSR count). The van der Waals surface area contributed by atoms with Crippen LogP contribution in [0.4, 0.5) is 13.2 Å². The summed E-state index contributed by atoms with van der Waals surface area (Å²) >= 11 is 11.6. The van der Waals surface area contributed by atoms with E-state index < -0.39 is 33.9 Å². The normalized spacial score (nSPS) is 25.8. The van der Waals surface area contributed by atoms with E-state index in [9.17, 15) is 18.0 Å². The number of rotatable bonds is 2. The lowest BCUT2D eigenvalue weighted by atomic mass is 10.1. The third kappa shape index (κ3) is 2.17. The van der Waals surface area contributed by atoms with Crippen molar-refractivity contribution in [3.63, 3.8) is 0 Å². The Balaban J connectivity index is 2.25. The SMILES string of the molecule is O=C(O)[C@@H]1[C@@H](c2ccc(C(F)(F)F)cc2)C1(Cl)Cl. The van der Waals surface area contributed by atoms with Crippen molar-refractivity contribution < 1.29 is 23.1 Å². The molecule has 2 atom stereocenters. The summed E-state index contributed by atoms with van der Waals surface area (Å²) in [4.78, 5) is 10.8. The van der Waals surface area contributed by atoms with Crippen molar-refractivity contribution in [2.24, 2.45) is 5.92 Å². The molecular weight excluding hydrogens is 292 g/mol. The largest absolute Gasteiger partial charge is 0.481 e. The highest BCUT2D eigenvalue weighted by Gasteiger charge is 2.68. The van der Waals surface area contributed by atoms with Crippen molar-refractivity contribution in [3.05, 3.63) is 35.4 Å². The van der Waals surface area contributed by atoms with E-state index in [-0.39, 0.29) is 0 Å². The fourth-order valence-electron chi connectivity index (χ4n) is 1.93. The molecule has 1 N–H and O–H groups in total. The first-order valence-electron chi connectivity index (χ1n) is 4.93. The van der Waals surface area contributed by atoms with Crippen LogP contribution in [0.25, 0.3) is 0 Å². The van der Waals surface area contributed by atoms with Crippen LogP contribution in [-0.2, 0) is 11.0 Å². The zero-order chi connectivity index (χ0) is 13.7. The zero-order valence-corrected chi connectivity index (χ0v) is 10.2. The van der Waals surface area contributed by atoms with E-state index in [2.05, 4.69) is 0 Å². The number of carboxylic acid groups (broad SMARTS) is 1. The maximum atomic E-state index is 12.3. The smallest absolute Gasteiger partial charge is 0.416 e. The third-order valence-electron chi connectivity index (χ3n) is 2.92. The van der Waals surface area contributed by atoms with E-state index in [1.54, 1.807) is 0 Å². The van der Waals surface area contributed by atoms with Gasteiger partial charge in [0.2, 0.25) is 0 Å². The summed E-state index contributed by atoms with van der Waals surface area (Å²) in [5.41, 5.74) is -0.408. The van der Waals surface area contributed by atoms with Crippen molar-refractivity contribution in [1.29, 1.82) is 0 Å². The Hall–Kier alpha value is -0.940. The Morgan fingerprint density at radius 3 is 2.06 bits per heavy atom. The van der Waals surface area contributed by atoms with Crippen LogP contribution in [0.15, 0.2) is 24.3 Å². The standard InChI is InChI=1S/C11H7Cl2F3O2/c12-10(13)7(8(10)9(17)18)5-1-3-6(4-2-5)11(14,15)16/h1-4,7-8H,(H,17,18)/t7-,8+/m1/s1. The highest BCUT2D eigenvalue weighted by Crippen LogP contribution is 2.65. The van der Waals surface area contributed by atoms with Gasteiger partial charge in [-0.15, -0.1) is 0 Å². The first-order chi connectivity index (χ1) is 8.15. The molecule has 0 unspecified atom stereocenters. The molecule has 0 aliphatic heterocycles. The highest BCUT2D eigenvalue weighted by molar-refractivity contribution is 6.53. The van der Waals surface area contributed by atoms with E-state index in [1.165, 1.54) is 12.1 Å². The number of hydrogen-bond donors (Lipinski definition) is 1. The van der Waals surface area contributed by atoms with Gasteiger partial charge in [-0.1, -0.05) is 35.3 Å². The molecule has 1 aromatic carbocycles. The minimum Gasteiger partial charge on any atom is -0.481 e. The van der Waals surface area contributed by atoms with Gasteiger partial charge >= 0.3 is 12.1 Å². The molecule has 1 fully saturated rings. The number of carboxylic acids is 1. The summed E-state index contributed by atoms with van der Waals surface area (Å²) in [6, 6.07) is 4.18. The van der Waals surface area contributed by atoms with Crippen molar-refractivity contribution in [3.8, 4) is 0 Å². The van der Waals surface area contributed by atoms with Gasteiger partial charge in [-0.3, -0.25) is 4.79 Å². The molecule has 0 saturated heterocycles. The summed E-state index contributed by atoms with van der Waals surface area (Å²) in [6.07, 6.45) is -4.42. The van der Waals surface area contributed by atoms with Gasteiger partial charge in [-0.05, 0) is 17.7 Å². The van der Waals surface area contributed by atoms with Crippen molar-refractivity contribution in [2.75, 3.05) is 0 Å². The maximum Gasteiger partial charge on any atom is 0.416 e. The van der Waals surface area contributed by atoms with Gasteiger partial charge in [0.05, 0.1) is 11.5 Å². The predicted octanol–water partition coefficient (Wildman–Crippen LogP) is 3.68. The quantitative estimate of drug-likeness (QED) is 0.846. The Kier molecular flexibility index (Phi) is 3.02. The van der Waals surface area contributed by atoms with Crippen LogP contribution in [0.5, 0.6) is 0 Å². The molecule has 18 heavy (non-hydrogen) atoms. The predicted molar refractivity (Wildman–Crippen MR) is 59.7 cm³/mol. The molecule has 0 heterocycles. The number of alkyl halides is 5. The summed E-state index contributed by atoms with van der Waals surface area (Å²) in [5.74, 6) is -2.83. The number of halogens is 5. The zero-order valence-electron chi connectivity index (χ0n) is 8.71. The Morgan fingerprint density at radius 2 is 1.72 bits per heavy atom. The monoisotopic (exact) mass is 298 g/mol. The van der Waals surface area contributed by atoms with Crippen LogP contribution in [0.3, 0.4) is 0 Å². The fraction of sp³-hybridized carbons (Fsp3) is 0.364. The van der Waals surface area contributed by atoms with Crippen molar-refractivity contribution in [1.82, 2.24) is 0 Å². The molecule has 0 spiro atoms. The topological polar surface area (TPSA) is 37.3 Å². The first kappa shape index (κ1) is 13.5. The van der Waals surface area contributed by atoms with E-state index in [1.807, 2.05) is 0 Å².